The Labute approximate surface area is 104 Å². The number of benzene rings is 1. The lowest BCUT2D eigenvalue weighted by Gasteiger charge is -2.06. The van der Waals surface area contributed by atoms with Crippen molar-refractivity contribution >= 4 is 16.5 Å². The summed E-state index contributed by atoms with van der Waals surface area (Å²) in [7, 11) is 0. The van der Waals surface area contributed by atoms with Gasteiger partial charge in [0, 0.05) is 6.20 Å². The van der Waals surface area contributed by atoms with E-state index in [9.17, 15) is 0 Å². The highest BCUT2D eigenvalue weighted by Gasteiger charge is 2.02. The molecule has 0 aliphatic rings. The van der Waals surface area contributed by atoms with Gasteiger partial charge >= 0.3 is 0 Å². The molecule has 0 fully saturated rings. The largest absolute Gasteiger partial charge is 0.488 e. The molecule has 0 unspecified atom stereocenters. The van der Waals surface area contributed by atoms with E-state index in [4.69, 9.17) is 10.6 Å². The summed E-state index contributed by atoms with van der Waals surface area (Å²) in [5, 5.41) is 0.698. The van der Waals surface area contributed by atoms with Crippen molar-refractivity contribution in [1.82, 2.24) is 4.98 Å². The topological polar surface area (TPSA) is 60.2 Å². The predicted molar refractivity (Wildman–Crippen MR) is 70.2 cm³/mol. The molecule has 0 radical (unpaired) electrons. The number of hydrogen-bond acceptors (Lipinski definition) is 5. The highest BCUT2D eigenvalue weighted by atomic mass is 32.1. The molecule has 0 bridgehead atoms. The first-order valence-electron chi connectivity index (χ1n) is 5.30. The number of nitrogen functional groups attached to an aromatic ring is 1. The van der Waals surface area contributed by atoms with Crippen LogP contribution in [0.25, 0.3) is 0 Å². The second-order valence-corrected chi connectivity index (χ2v) is 5.00. The fourth-order valence-corrected chi connectivity index (χ4v) is 2.25. The normalized spacial score (nSPS) is 10.3. The number of thiazole rings is 1. The van der Waals surface area contributed by atoms with Gasteiger partial charge in [-0.2, -0.15) is 0 Å². The van der Waals surface area contributed by atoms with Gasteiger partial charge in [0.1, 0.15) is 12.4 Å². The van der Waals surface area contributed by atoms with E-state index in [1.807, 2.05) is 12.1 Å². The number of ether oxygens (including phenoxy) is 1. The van der Waals surface area contributed by atoms with E-state index in [1.54, 1.807) is 6.20 Å². The van der Waals surface area contributed by atoms with Crippen molar-refractivity contribution in [1.29, 1.82) is 0 Å². The van der Waals surface area contributed by atoms with Crippen LogP contribution in [0.4, 0.5) is 5.13 Å². The van der Waals surface area contributed by atoms with Crippen molar-refractivity contribution in [3.8, 4) is 5.75 Å². The molecule has 1 aromatic carbocycles. The molecule has 0 aliphatic heterocycles. The van der Waals surface area contributed by atoms with Gasteiger partial charge < -0.3 is 4.74 Å². The first-order valence-corrected chi connectivity index (χ1v) is 6.11. The second-order valence-electron chi connectivity index (χ2n) is 3.89. The van der Waals surface area contributed by atoms with Gasteiger partial charge in [-0.3, -0.25) is 5.43 Å². The van der Waals surface area contributed by atoms with Crippen LogP contribution in [0.1, 0.15) is 16.0 Å². The number of nitrogens with two attached hydrogens (primary N) is 1. The van der Waals surface area contributed by atoms with Gasteiger partial charge in [-0.15, -0.1) is 0 Å². The SMILES string of the molecule is Cc1cc(C)cc(OCc2cnc(NN)s2)c1. The Morgan fingerprint density at radius 1 is 1.29 bits per heavy atom. The molecule has 0 aliphatic carbocycles. The van der Waals surface area contributed by atoms with E-state index < -0.39 is 0 Å². The Bertz CT molecular complexity index is 490. The van der Waals surface area contributed by atoms with Crippen LogP contribution in [0.3, 0.4) is 0 Å². The summed E-state index contributed by atoms with van der Waals surface area (Å²) in [4.78, 5) is 5.12. The smallest absolute Gasteiger partial charge is 0.197 e. The van der Waals surface area contributed by atoms with Crippen LogP contribution in [0.15, 0.2) is 24.4 Å². The third-order valence-electron chi connectivity index (χ3n) is 2.25. The quantitative estimate of drug-likeness (QED) is 0.646. The molecule has 4 nitrogen and oxygen atoms in total. The Hall–Kier alpha value is -1.59. The van der Waals surface area contributed by atoms with Crippen molar-refractivity contribution in [2.45, 2.75) is 20.5 Å². The highest BCUT2D eigenvalue weighted by molar-refractivity contribution is 7.15. The zero-order chi connectivity index (χ0) is 12.3. The molecule has 0 spiro atoms. The number of rotatable bonds is 4. The van der Waals surface area contributed by atoms with E-state index in [0.29, 0.717) is 11.7 Å². The summed E-state index contributed by atoms with van der Waals surface area (Å²) < 4.78 is 5.71. The zero-order valence-corrected chi connectivity index (χ0v) is 10.7. The summed E-state index contributed by atoms with van der Waals surface area (Å²) >= 11 is 1.49. The molecule has 5 heteroatoms. The molecule has 0 saturated carbocycles. The van der Waals surface area contributed by atoms with Crippen LogP contribution in [0, 0.1) is 13.8 Å². The molecule has 2 rings (SSSR count). The third kappa shape index (κ3) is 3.18. The standard InChI is InChI=1S/C12H15N3OS/c1-8-3-9(2)5-10(4-8)16-7-11-6-14-12(15-13)17-11/h3-6H,7,13H2,1-2H3,(H,14,15). The van der Waals surface area contributed by atoms with Crippen LogP contribution in [0.2, 0.25) is 0 Å². The maximum Gasteiger partial charge on any atom is 0.197 e. The lowest BCUT2D eigenvalue weighted by atomic mass is 10.1. The number of anilines is 1. The molecule has 0 atom stereocenters. The van der Waals surface area contributed by atoms with Crippen molar-refractivity contribution in [3.63, 3.8) is 0 Å². The van der Waals surface area contributed by atoms with Gasteiger partial charge in [-0.05, 0) is 37.1 Å². The number of aryl methyl sites for hydroxylation is 2. The summed E-state index contributed by atoms with van der Waals surface area (Å²) in [5.74, 6) is 6.15. The Balaban J connectivity index is 2.01. The average Bonchev–Trinajstić information content (AvgIpc) is 2.73. The molecule has 90 valence electrons. The minimum atomic E-state index is 0.516. The summed E-state index contributed by atoms with van der Waals surface area (Å²) in [6.07, 6.45) is 1.77. The van der Waals surface area contributed by atoms with Gasteiger partial charge in [-0.1, -0.05) is 17.4 Å². The molecular formula is C12H15N3OS. The van der Waals surface area contributed by atoms with Gasteiger partial charge in [-0.25, -0.2) is 10.8 Å². The van der Waals surface area contributed by atoms with E-state index in [1.165, 1.54) is 22.5 Å². The second kappa shape index (κ2) is 5.16. The van der Waals surface area contributed by atoms with E-state index in [-0.39, 0.29) is 0 Å². The number of hydrogen-bond donors (Lipinski definition) is 2. The van der Waals surface area contributed by atoms with Gasteiger partial charge in [0.05, 0.1) is 4.88 Å². The van der Waals surface area contributed by atoms with Crippen molar-refractivity contribution in [3.05, 3.63) is 40.4 Å². The molecule has 1 heterocycles. The number of aromatic nitrogens is 1. The summed E-state index contributed by atoms with van der Waals surface area (Å²) in [5.41, 5.74) is 4.92. The summed E-state index contributed by atoms with van der Waals surface area (Å²) in [6.45, 7) is 4.63. The minimum absolute atomic E-state index is 0.516. The maximum absolute atomic E-state index is 5.71. The molecule has 2 aromatic rings. The van der Waals surface area contributed by atoms with Gasteiger partial charge in [0.15, 0.2) is 5.13 Å². The summed E-state index contributed by atoms with van der Waals surface area (Å²) in [6, 6.07) is 6.17. The van der Waals surface area contributed by atoms with Gasteiger partial charge in [0.25, 0.3) is 0 Å². The van der Waals surface area contributed by atoms with Gasteiger partial charge in [0.2, 0.25) is 0 Å². The number of nitrogens with zero attached hydrogens (tertiary/aromatic N) is 1. The van der Waals surface area contributed by atoms with Crippen molar-refractivity contribution in [2.24, 2.45) is 5.84 Å². The van der Waals surface area contributed by atoms with Crippen LogP contribution in [-0.2, 0) is 6.61 Å². The lowest BCUT2D eigenvalue weighted by Crippen LogP contribution is -2.05. The molecule has 17 heavy (non-hydrogen) atoms. The Morgan fingerprint density at radius 2 is 2.00 bits per heavy atom. The fourth-order valence-electron chi connectivity index (χ4n) is 1.61. The first-order chi connectivity index (χ1) is 8.17. The van der Waals surface area contributed by atoms with E-state index in [0.717, 1.165) is 10.6 Å². The van der Waals surface area contributed by atoms with Crippen LogP contribution in [-0.4, -0.2) is 4.98 Å². The maximum atomic E-state index is 5.71. The van der Waals surface area contributed by atoms with E-state index in [2.05, 4.69) is 30.3 Å². The third-order valence-corrected chi connectivity index (χ3v) is 3.16. The molecular weight excluding hydrogens is 234 g/mol. The lowest BCUT2D eigenvalue weighted by molar-refractivity contribution is 0.309. The zero-order valence-electron chi connectivity index (χ0n) is 9.86. The predicted octanol–water partition coefficient (Wildman–Crippen LogP) is 2.62. The first kappa shape index (κ1) is 11.9. The Morgan fingerprint density at radius 3 is 2.59 bits per heavy atom. The molecule has 1 aromatic heterocycles. The average molecular weight is 249 g/mol. The van der Waals surface area contributed by atoms with Crippen molar-refractivity contribution < 1.29 is 4.74 Å². The van der Waals surface area contributed by atoms with Crippen molar-refractivity contribution in [2.75, 3.05) is 5.43 Å². The molecule has 0 amide bonds. The van der Waals surface area contributed by atoms with E-state index >= 15 is 0 Å². The minimum Gasteiger partial charge on any atom is -0.488 e. The fraction of sp³-hybridized carbons (Fsp3) is 0.250. The number of hydrazine groups is 1. The Kier molecular flexibility index (Phi) is 3.61. The van der Waals surface area contributed by atoms with Crippen LogP contribution >= 0.6 is 11.3 Å². The van der Waals surface area contributed by atoms with Crippen LogP contribution in [0.5, 0.6) is 5.75 Å². The van der Waals surface area contributed by atoms with Crippen LogP contribution < -0.4 is 16.0 Å². The highest BCUT2D eigenvalue weighted by Crippen LogP contribution is 2.21. The number of nitrogens with one attached hydrogen (secondary N) is 1. The monoisotopic (exact) mass is 249 g/mol. The molecule has 0 saturated heterocycles. The molecule has 3 N–H and O–H groups in total.